The van der Waals surface area contributed by atoms with Crippen LogP contribution >= 0.6 is 0 Å². The SMILES string of the molecule is O=C(O)C(CNC1CCOc2ccccc21)C(F)(F)F. The molecule has 0 radical (unpaired) electrons. The summed E-state index contributed by atoms with van der Waals surface area (Å²) >= 11 is 0. The number of halogens is 3. The van der Waals surface area contributed by atoms with E-state index in [1.165, 1.54) is 0 Å². The molecule has 1 aromatic rings. The lowest BCUT2D eigenvalue weighted by molar-refractivity contribution is -0.192. The minimum Gasteiger partial charge on any atom is -0.493 e. The molecule has 7 heteroatoms. The zero-order valence-corrected chi connectivity index (χ0v) is 10.5. The predicted molar refractivity (Wildman–Crippen MR) is 64.5 cm³/mol. The second kappa shape index (κ2) is 5.70. The van der Waals surface area contributed by atoms with E-state index in [1.54, 1.807) is 24.3 Å². The van der Waals surface area contributed by atoms with Gasteiger partial charge in [0.2, 0.25) is 0 Å². The lowest BCUT2D eigenvalue weighted by Gasteiger charge is -2.28. The number of nitrogens with one attached hydrogen (secondary N) is 1. The van der Waals surface area contributed by atoms with Gasteiger partial charge in [0.15, 0.2) is 5.92 Å². The summed E-state index contributed by atoms with van der Waals surface area (Å²) in [6, 6.07) is 6.71. The Kier molecular flexibility index (Phi) is 4.17. The van der Waals surface area contributed by atoms with Crippen LogP contribution in [-0.2, 0) is 4.79 Å². The summed E-state index contributed by atoms with van der Waals surface area (Å²) < 4.78 is 43.1. The van der Waals surface area contributed by atoms with Gasteiger partial charge in [-0.3, -0.25) is 4.79 Å². The number of aliphatic carboxylic acids is 1. The van der Waals surface area contributed by atoms with E-state index in [1.807, 2.05) is 0 Å². The fourth-order valence-corrected chi connectivity index (χ4v) is 2.16. The average Bonchev–Trinajstić information content (AvgIpc) is 2.37. The topological polar surface area (TPSA) is 58.6 Å². The molecule has 0 saturated carbocycles. The number of alkyl halides is 3. The van der Waals surface area contributed by atoms with Gasteiger partial charge in [0.05, 0.1) is 6.61 Å². The Labute approximate surface area is 113 Å². The minimum absolute atomic E-state index is 0.329. The van der Waals surface area contributed by atoms with E-state index in [0.29, 0.717) is 18.8 Å². The number of carbonyl (C=O) groups is 1. The van der Waals surface area contributed by atoms with Gasteiger partial charge >= 0.3 is 12.1 Å². The second-order valence-electron chi connectivity index (χ2n) is 4.57. The van der Waals surface area contributed by atoms with Crippen molar-refractivity contribution < 1.29 is 27.8 Å². The molecule has 4 nitrogen and oxygen atoms in total. The molecule has 110 valence electrons. The molecule has 0 aromatic heterocycles. The summed E-state index contributed by atoms with van der Waals surface area (Å²) in [5, 5.41) is 11.3. The highest BCUT2D eigenvalue weighted by molar-refractivity contribution is 5.71. The molecule has 0 fully saturated rings. The first-order valence-corrected chi connectivity index (χ1v) is 6.14. The van der Waals surface area contributed by atoms with Crippen molar-refractivity contribution in [2.45, 2.75) is 18.6 Å². The van der Waals surface area contributed by atoms with E-state index in [4.69, 9.17) is 9.84 Å². The normalized spacial score (nSPS) is 19.9. The Morgan fingerprint density at radius 3 is 2.80 bits per heavy atom. The smallest absolute Gasteiger partial charge is 0.403 e. The van der Waals surface area contributed by atoms with Gasteiger partial charge in [-0.15, -0.1) is 0 Å². The van der Waals surface area contributed by atoms with Gasteiger partial charge in [-0.05, 0) is 6.07 Å². The lowest BCUT2D eigenvalue weighted by Crippen LogP contribution is -2.41. The molecular formula is C13H14F3NO3. The lowest BCUT2D eigenvalue weighted by atomic mass is 9.99. The Balaban J connectivity index is 2.06. The van der Waals surface area contributed by atoms with Crippen molar-refractivity contribution in [3.8, 4) is 5.75 Å². The summed E-state index contributed by atoms with van der Waals surface area (Å²) in [6.07, 6.45) is -4.26. The number of ether oxygens (including phenoxy) is 1. The van der Waals surface area contributed by atoms with Crippen LogP contribution < -0.4 is 10.1 Å². The fraction of sp³-hybridized carbons (Fsp3) is 0.462. The maximum atomic E-state index is 12.6. The molecule has 1 aromatic carbocycles. The largest absolute Gasteiger partial charge is 0.493 e. The van der Waals surface area contributed by atoms with E-state index in [2.05, 4.69) is 5.32 Å². The zero-order valence-electron chi connectivity index (χ0n) is 10.5. The van der Waals surface area contributed by atoms with Gasteiger partial charge in [0.1, 0.15) is 5.75 Å². The Morgan fingerprint density at radius 2 is 2.15 bits per heavy atom. The molecule has 0 amide bonds. The molecule has 20 heavy (non-hydrogen) atoms. The van der Waals surface area contributed by atoms with Crippen molar-refractivity contribution in [1.29, 1.82) is 0 Å². The van der Waals surface area contributed by atoms with Gasteiger partial charge in [-0.25, -0.2) is 0 Å². The van der Waals surface area contributed by atoms with Gasteiger partial charge in [-0.2, -0.15) is 13.2 Å². The number of carboxylic acid groups (broad SMARTS) is 1. The summed E-state index contributed by atoms with van der Waals surface area (Å²) in [6.45, 7) is -0.268. The highest BCUT2D eigenvalue weighted by Gasteiger charge is 2.45. The quantitative estimate of drug-likeness (QED) is 0.893. The van der Waals surface area contributed by atoms with E-state index < -0.39 is 24.6 Å². The molecule has 2 atom stereocenters. The van der Waals surface area contributed by atoms with Gasteiger partial charge in [-0.1, -0.05) is 18.2 Å². The fourth-order valence-electron chi connectivity index (χ4n) is 2.16. The van der Waals surface area contributed by atoms with Crippen LogP contribution in [0, 0.1) is 5.92 Å². The Morgan fingerprint density at radius 1 is 1.45 bits per heavy atom. The first-order chi connectivity index (χ1) is 9.39. The third-order valence-electron chi connectivity index (χ3n) is 3.22. The Bertz CT molecular complexity index is 490. The van der Waals surface area contributed by atoms with E-state index in [9.17, 15) is 18.0 Å². The standard InChI is InChI=1S/C13H14F3NO3/c14-13(15,16)9(12(18)19)7-17-10-5-6-20-11-4-2-1-3-8(10)11/h1-4,9-10,17H,5-7H2,(H,18,19). The van der Waals surface area contributed by atoms with Crippen molar-refractivity contribution in [3.05, 3.63) is 29.8 Å². The maximum Gasteiger partial charge on any atom is 0.403 e. The highest BCUT2D eigenvalue weighted by atomic mass is 19.4. The summed E-state index contributed by atoms with van der Waals surface area (Å²) in [5.74, 6) is -3.65. The molecule has 2 N–H and O–H groups in total. The van der Waals surface area contributed by atoms with Crippen molar-refractivity contribution in [2.24, 2.45) is 5.92 Å². The monoisotopic (exact) mass is 289 g/mol. The van der Waals surface area contributed by atoms with Crippen molar-refractivity contribution in [2.75, 3.05) is 13.2 Å². The summed E-state index contributed by atoms with van der Waals surface area (Å²) in [5.41, 5.74) is 0.755. The molecule has 0 aliphatic carbocycles. The molecular weight excluding hydrogens is 275 g/mol. The molecule has 2 rings (SSSR count). The van der Waals surface area contributed by atoms with Crippen LogP contribution in [0.5, 0.6) is 5.75 Å². The van der Waals surface area contributed by atoms with Crippen molar-refractivity contribution in [1.82, 2.24) is 5.32 Å². The minimum atomic E-state index is -4.76. The number of hydrogen-bond acceptors (Lipinski definition) is 3. The molecule has 0 saturated heterocycles. The van der Waals surface area contributed by atoms with Crippen LogP contribution in [0.4, 0.5) is 13.2 Å². The van der Waals surface area contributed by atoms with Crippen molar-refractivity contribution in [3.63, 3.8) is 0 Å². The van der Waals surface area contributed by atoms with E-state index in [-0.39, 0.29) is 6.04 Å². The third-order valence-corrected chi connectivity index (χ3v) is 3.22. The number of fused-ring (bicyclic) bond motifs is 1. The molecule has 2 unspecified atom stereocenters. The first kappa shape index (κ1) is 14.6. The number of rotatable bonds is 4. The van der Waals surface area contributed by atoms with Crippen LogP contribution in [0.25, 0.3) is 0 Å². The molecule has 0 spiro atoms. The van der Waals surface area contributed by atoms with E-state index >= 15 is 0 Å². The third kappa shape index (κ3) is 3.22. The maximum absolute atomic E-state index is 12.6. The first-order valence-electron chi connectivity index (χ1n) is 6.14. The summed E-state index contributed by atoms with van der Waals surface area (Å²) in [4.78, 5) is 10.7. The predicted octanol–water partition coefficient (Wildman–Crippen LogP) is 2.36. The van der Waals surface area contributed by atoms with Gasteiger partial charge in [0.25, 0.3) is 0 Å². The molecule has 0 bridgehead atoms. The zero-order chi connectivity index (χ0) is 14.8. The van der Waals surface area contributed by atoms with Gasteiger partial charge in [0, 0.05) is 24.6 Å². The molecule has 1 heterocycles. The number of benzene rings is 1. The average molecular weight is 289 g/mol. The number of carboxylic acids is 1. The molecule has 1 aliphatic rings. The second-order valence-corrected chi connectivity index (χ2v) is 4.57. The number of hydrogen-bond donors (Lipinski definition) is 2. The highest BCUT2D eigenvalue weighted by Crippen LogP contribution is 2.32. The van der Waals surface area contributed by atoms with Crippen LogP contribution in [-0.4, -0.2) is 30.4 Å². The van der Waals surface area contributed by atoms with E-state index in [0.717, 1.165) is 5.56 Å². The summed E-state index contributed by atoms with van der Waals surface area (Å²) in [7, 11) is 0. The Hall–Kier alpha value is -1.76. The molecule has 1 aliphatic heterocycles. The van der Waals surface area contributed by atoms with Crippen LogP contribution in [0.3, 0.4) is 0 Å². The van der Waals surface area contributed by atoms with Crippen LogP contribution in [0.15, 0.2) is 24.3 Å². The number of para-hydroxylation sites is 1. The van der Waals surface area contributed by atoms with Crippen LogP contribution in [0.2, 0.25) is 0 Å². The van der Waals surface area contributed by atoms with Gasteiger partial charge < -0.3 is 15.2 Å². The van der Waals surface area contributed by atoms with Crippen LogP contribution in [0.1, 0.15) is 18.0 Å². The van der Waals surface area contributed by atoms with Crippen molar-refractivity contribution >= 4 is 5.97 Å².